The van der Waals surface area contributed by atoms with Crippen LogP contribution in [0.5, 0.6) is 0 Å². The first-order chi connectivity index (χ1) is 10.5. The minimum absolute atomic E-state index is 0.0837. The number of aliphatic carboxylic acids is 1. The molecule has 0 fully saturated rings. The van der Waals surface area contributed by atoms with Crippen LogP contribution in [0.25, 0.3) is 0 Å². The van der Waals surface area contributed by atoms with Crippen LogP contribution in [-0.4, -0.2) is 23.5 Å². The second-order valence-electron chi connectivity index (χ2n) is 5.15. The molecule has 116 valence electrons. The molecule has 5 nitrogen and oxygen atoms in total. The van der Waals surface area contributed by atoms with Crippen molar-refractivity contribution in [2.45, 2.75) is 20.3 Å². The van der Waals surface area contributed by atoms with E-state index < -0.39 is 11.9 Å². The number of hydrogen-bond donors (Lipinski definition) is 1. The summed E-state index contributed by atoms with van der Waals surface area (Å²) in [4.78, 5) is 25.1. The number of rotatable bonds is 6. The van der Waals surface area contributed by atoms with Gasteiger partial charge in [0.1, 0.15) is 0 Å². The molecule has 0 aliphatic carbocycles. The van der Waals surface area contributed by atoms with Gasteiger partial charge in [0.15, 0.2) is 5.76 Å². The normalized spacial score (nSPS) is 11.9. The summed E-state index contributed by atoms with van der Waals surface area (Å²) in [5, 5.41) is 9.11. The first kappa shape index (κ1) is 15.8. The van der Waals surface area contributed by atoms with Crippen LogP contribution in [0.1, 0.15) is 30.0 Å². The van der Waals surface area contributed by atoms with Gasteiger partial charge in [-0.05, 0) is 36.2 Å². The summed E-state index contributed by atoms with van der Waals surface area (Å²) in [6, 6.07) is 10.7. The second kappa shape index (κ2) is 6.93. The fourth-order valence-electron chi connectivity index (χ4n) is 2.10. The molecule has 22 heavy (non-hydrogen) atoms. The SMILES string of the molecule is CCc1ccc(N(CC(C)C(=O)O)C(=O)c2ccco2)cc1. The first-order valence-electron chi connectivity index (χ1n) is 7.20. The fourth-order valence-corrected chi connectivity index (χ4v) is 2.10. The van der Waals surface area contributed by atoms with Gasteiger partial charge in [-0.3, -0.25) is 9.59 Å². The number of hydrogen-bond acceptors (Lipinski definition) is 3. The minimum atomic E-state index is -0.942. The smallest absolute Gasteiger partial charge is 0.308 e. The Morgan fingerprint density at radius 1 is 1.23 bits per heavy atom. The molecular formula is C17H19NO4. The molecule has 5 heteroatoms. The van der Waals surface area contributed by atoms with Crippen molar-refractivity contribution < 1.29 is 19.1 Å². The van der Waals surface area contributed by atoms with Crippen molar-refractivity contribution in [2.24, 2.45) is 5.92 Å². The number of furan rings is 1. The number of carbonyl (C=O) groups excluding carboxylic acids is 1. The number of aryl methyl sites for hydroxylation is 1. The number of amides is 1. The lowest BCUT2D eigenvalue weighted by molar-refractivity contribution is -0.140. The Morgan fingerprint density at radius 3 is 2.41 bits per heavy atom. The van der Waals surface area contributed by atoms with Crippen LogP contribution < -0.4 is 4.90 Å². The van der Waals surface area contributed by atoms with E-state index in [0.717, 1.165) is 12.0 Å². The van der Waals surface area contributed by atoms with Crippen molar-refractivity contribution in [2.75, 3.05) is 11.4 Å². The average molecular weight is 301 g/mol. The summed E-state index contributed by atoms with van der Waals surface area (Å²) >= 11 is 0. The van der Waals surface area contributed by atoms with Crippen molar-refractivity contribution in [1.29, 1.82) is 0 Å². The van der Waals surface area contributed by atoms with E-state index in [9.17, 15) is 9.59 Å². The Hall–Kier alpha value is -2.56. The van der Waals surface area contributed by atoms with E-state index in [0.29, 0.717) is 5.69 Å². The van der Waals surface area contributed by atoms with Crippen LogP contribution in [0, 0.1) is 5.92 Å². The monoisotopic (exact) mass is 301 g/mol. The summed E-state index contributed by atoms with van der Waals surface area (Å²) < 4.78 is 5.15. The number of benzene rings is 1. The molecule has 0 spiro atoms. The zero-order valence-corrected chi connectivity index (χ0v) is 12.7. The van der Waals surface area contributed by atoms with E-state index in [-0.39, 0.29) is 18.2 Å². The lowest BCUT2D eigenvalue weighted by Crippen LogP contribution is -2.36. The quantitative estimate of drug-likeness (QED) is 0.889. The van der Waals surface area contributed by atoms with Gasteiger partial charge in [0.05, 0.1) is 12.2 Å². The van der Waals surface area contributed by atoms with Gasteiger partial charge < -0.3 is 14.4 Å². The van der Waals surface area contributed by atoms with Gasteiger partial charge in [0.25, 0.3) is 5.91 Å². The van der Waals surface area contributed by atoms with Gasteiger partial charge in [-0.1, -0.05) is 26.0 Å². The molecule has 2 rings (SSSR count). The first-order valence-corrected chi connectivity index (χ1v) is 7.20. The molecule has 2 aromatic rings. The van der Waals surface area contributed by atoms with E-state index in [1.807, 2.05) is 31.2 Å². The zero-order valence-electron chi connectivity index (χ0n) is 12.7. The summed E-state index contributed by atoms with van der Waals surface area (Å²) in [6.45, 7) is 3.71. The molecule has 0 bridgehead atoms. The molecular weight excluding hydrogens is 282 g/mol. The van der Waals surface area contributed by atoms with Gasteiger partial charge >= 0.3 is 5.97 Å². The average Bonchev–Trinajstić information content (AvgIpc) is 3.06. The maximum absolute atomic E-state index is 12.6. The minimum Gasteiger partial charge on any atom is -0.481 e. The highest BCUT2D eigenvalue weighted by Crippen LogP contribution is 2.20. The van der Waals surface area contributed by atoms with E-state index in [2.05, 4.69) is 0 Å². The third-order valence-corrected chi connectivity index (χ3v) is 3.51. The van der Waals surface area contributed by atoms with E-state index in [4.69, 9.17) is 9.52 Å². The van der Waals surface area contributed by atoms with Crippen LogP contribution in [0.15, 0.2) is 47.1 Å². The highest BCUT2D eigenvalue weighted by molar-refractivity contribution is 6.04. The van der Waals surface area contributed by atoms with Gasteiger partial charge in [-0.25, -0.2) is 0 Å². The van der Waals surface area contributed by atoms with Crippen molar-refractivity contribution >= 4 is 17.6 Å². The fraction of sp³-hybridized carbons (Fsp3) is 0.294. The van der Waals surface area contributed by atoms with Crippen molar-refractivity contribution in [1.82, 2.24) is 0 Å². The summed E-state index contributed by atoms with van der Waals surface area (Å²) in [6.07, 6.45) is 2.32. The Bertz CT molecular complexity index is 631. The third kappa shape index (κ3) is 3.55. The Labute approximate surface area is 129 Å². The second-order valence-corrected chi connectivity index (χ2v) is 5.15. The van der Waals surface area contributed by atoms with Crippen LogP contribution >= 0.6 is 0 Å². The molecule has 1 amide bonds. The van der Waals surface area contributed by atoms with Crippen molar-refractivity contribution in [3.63, 3.8) is 0 Å². The Kier molecular flexibility index (Phi) is 4.99. The molecule has 1 aromatic heterocycles. The lowest BCUT2D eigenvalue weighted by atomic mass is 10.1. The zero-order chi connectivity index (χ0) is 16.1. The number of nitrogens with zero attached hydrogens (tertiary/aromatic N) is 1. The maximum Gasteiger partial charge on any atom is 0.308 e. The molecule has 1 aromatic carbocycles. The predicted molar refractivity (Wildman–Crippen MR) is 83.0 cm³/mol. The van der Waals surface area contributed by atoms with Crippen LogP contribution in [-0.2, 0) is 11.2 Å². The van der Waals surface area contributed by atoms with E-state index >= 15 is 0 Å². The predicted octanol–water partition coefficient (Wildman–Crippen LogP) is 3.21. The number of carbonyl (C=O) groups is 2. The summed E-state index contributed by atoms with van der Waals surface area (Å²) in [7, 11) is 0. The Morgan fingerprint density at radius 2 is 1.91 bits per heavy atom. The van der Waals surface area contributed by atoms with Crippen molar-refractivity contribution in [3.8, 4) is 0 Å². The van der Waals surface area contributed by atoms with Gasteiger partial charge in [0.2, 0.25) is 0 Å². The number of carboxylic acids is 1. The topological polar surface area (TPSA) is 70.8 Å². The van der Waals surface area contributed by atoms with E-state index in [1.54, 1.807) is 19.1 Å². The number of carboxylic acid groups (broad SMARTS) is 1. The summed E-state index contributed by atoms with van der Waals surface area (Å²) in [5.41, 5.74) is 1.81. The molecule has 0 aliphatic heterocycles. The van der Waals surface area contributed by atoms with Gasteiger partial charge in [-0.2, -0.15) is 0 Å². The van der Waals surface area contributed by atoms with Gasteiger partial charge in [0, 0.05) is 12.2 Å². The molecule has 0 radical (unpaired) electrons. The third-order valence-electron chi connectivity index (χ3n) is 3.51. The van der Waals surface area contributed by atoms with Crippen LogP contribution in [0.3, 0.4) is 0 Å². The van der Waals surface area contributed by atoms with E-state index in [1.165, 1.54) is 11.2 Å². The molecule has 0 saturated heterocycles. The summed E-state index contributed by atoms with van der Waals surface area (Å²) in [5.74, 6) is -1.77. The standard InChI is InChI=1S/C17H19NO4/c1-3-13-6-8-14(9-7-13)18(11-12(2)17(20)21)16(19)15-5-4-10-22-15/h4-10,12H,3,11H2,1-2H3,(H,20,21). The molecule has 1 N–H and O–H groups in total. The Balaban J connectivity index is 2.31. The highest BCUT2D eigenvalue weighted by Gasteiger charge is 2.24. The molecule has 1 heterocycles. The largest absolute Gasteiger partial charge is 0.481 e. The lowest BCUT2D eigenvalue weighted by Gasteiger charge is -2.24. The maximum atomic E-state index is 12.6. The van der Waals surface area contributed by atoms with Crippen molar-refractivity contribution in [3.05, 3.63) is 54.0 Å². The highest BCUT2D eigenvalue weighted by atomic mass is 16.4. The molecule has 0 aliphatic rings. The number of anilines is 1. The molecule has 0 saturated carbocycles. The molecule has 1 atom stereocenters. The van der Waals surface area contributed by atoms with Crippen LogP contribution in [0.4, 0.5) is 5.69 Å². The van der Waals surface area contributed by atoms with Crippen LogP contribution in [0.2, 0.25) is 0 Å². The van der Waals surface area contributed by atoms with Gasteiger partial charge in [-0.15, -0.1) is 0 Å². The molecule has 1 unspecified atom stereocenters.